The lowest BCUT2D eigenvalue weighted by Crippen LogP contribution is -2.22. The van der Waals surface area contributed by atoms with Gasteiger partial charge in [0, 0.05) is 6.42 Å². The summed E-state index contributed by atoms with van der Waals surface area (Å²) in [5.41, 5.74) is 0. The van der Waals surface area contributed by atoms with Gasteiger partial charge in [-0.25, -0.2) is 0 Å². The van der Waals surface area contributed by atoms with Gasteiger partial charge in [0.1, 0.15) is 13.1 Å². The molecule has 1 heterocycles. The summed E-state index contributed by atoms with van der Waals surface area (Å²) < 4.78 is 1.30. The summed E-state index contributed by atoms with van der Waals surface area (Å²) in [5.74, 6) is 0.704. The van der Waals surface area contributed by atoms with Crippen LogP contribution in [-0.2, 0) is 0 Å². The van der Waals surface area contributed by atoms with Crippen LogP contribution in [0.5, 0.6) is 0 Å². The number of allylic oxidation sites excluding steroid dienone is 1. The molecular weight excluding hydrogens is 122 g/mol. The third kappa shape index (κ3) is 2.14. The third-order valence-corrected chi connectivity index (χ3v) is 2.51. The molecule has 1 saturated heterocycles. The average molecular weight is 140 g/mol. The van der Waals surface area contributed by atoms with Gasteiger partial charge in [-0.05, 0) is 5.92 Å². The Morgan fingerprint density at radius 2 is 2.20 bits per heavy atom. The lowest BCUT2D eigenvalue weighted by molar-refractivity contribution is -0.777. The van der Waals surface area contributed by atoms with Crippen LogP contribution in [0.2, 0.25) is 0 Å². The van der Waals surface area contributed by atoms with Crippen molar-refractivity contribution in [2.45, 2.75) is 13.3 Å². The zero-order valence-electron chi connectivity index (χ0n) is 7.14. The molecule has 0 radical (unpaired) electrons. The highest BCUT2D eigenvalue weighted by Crippen LogP contribution is 2.19. The Labute approximate surface area is 63.9 Å². The smallest absolute Gasteiger partial charge is 0.128 e. The van der Waals surface area contributed by atoms with E-state index >= 15 is 0 Å². The maximum Gasteiger partial charge on any atom is 0.128 e. The van der Waals surface area contributed by atoms with Crippen LogP contribution in [0.3, 0.4) is 0 Å². The van der Waals surface area contributed by atoms with Gasteiger partial charge in [-0.15, -0.1) is 6.58 Å². The van der Waals surface area contributed by atoms with Gasteiger partial charge in [0.2, 0.25) is 0 Å². The molecule has 10 heavy (non-hydrogen) atoms. The van der Waals surface area contributed by atoms with E-state index in [4.69, 9.17) is 0 Å². The van der Waals surface area contributed by atoms with Gasteiger partial charge in [0.15, 0.2) is 0 Å². The van der Waals surface area contributed by atoms with E-state index in [2.05, 4.69) is 26.6 Å². The van der Waals surface area contributed by atoms with Crippen molar-refractivity contribution in [3.63, 3.8) is 0 Å². The normalized spacial score (nSPS) is 23.8. The lowest BCUT2D eigenvalue weighted by atomic mass is 10.1. The van der Waals surface area contributed by atoms with Crippen LogP contribution in [0.1, 0.15) is 13.3 Å². The third-order valence-electron chi connectivity index (χ3n) is 2.51. The molecule has 1 atom stereocenters. The van der Waals surface area contributed by atoms with E-state index in [-0.39, 0.29) is 0 Å². The van der Waals surface area contributed by atoms with Crippen molar-refractivity contribution in [2.24, 2.45) is 5.92 Å². The fourth-order valence-corrected chi connectivity index (χ4v) is 1.03. The molecule has 1 aliphatic rings. The fraction of sp³-hybridized carbons (Fsp3) is 0.778. The van der Waals surface area contributed by atoms with E-state index in [0.29, 0.717) is 5.92 Å². The van der Waals surface area contributed by atoms with E-state index < -0.39 is 0 Å². The van der Waals surface area contributed by atoms with Crippen molar-refractivity contribution >= 4 is 0 Å². The van der Waals surface area contributed by atoms with Crippen LogP contribution in [0.15, 0.2) is 12.7 Å². The maximum atomic E-state index is 3.77. The van der Waals surface area contributed by atoms with Crippen molar-refractivity contribution in [1.82, 2.24) is 0 Å². The van der Waals surface area contributed by atoms with Crippen molar-refractivity contribution < 1.29 is 4.48 Å². The molecule has 1 aliphatic heterocycles. The monoisotopic (exact) mass is 140 g/mol. The van der Waals surface area contributed by atoms with Crippen molar-refractivity contribution in [1.29, 1.82) is 0 Å². The molecule has 58 valence electrons. The number of likely N-dealkylation sites (N-methyl/N-ethyl adjacent to an activating group) is 1. The first-order valence-corrected chi connectivity index (χ1v) is 4.12. The Morgan fingerprint density at radius 3 is 2.60 bits per heavy atom. The Hall–Kier alpha value is -0.300. The van der Waals surface area contributed by atoms with E-state index in [1.807, 2.05) is 0 Å². The summed E-state index contributed by atoms with van der Waals surface area (Å²) in [5, 5.41) is 0. The summed E-state index contributed by atoms with van der Waals surface area (Å²) in [6.07, 6.45) is 3.36. The molecule has 0 amide bonds. The summed E-state index contributed by atoms with van der Waals surface area (Å²) in [6, 6.07) is 0. The van der Waals surface area contributed by atoms with Crippen molar-refractivity contribution in [2.75, 3.05) is 26.7 Å². The maximum absolute atomic E-state index is 3.77. The first-order chi connectivity index (χ1) is 4.66. The highest BCUT2D eigenvalue weighted by molar-refractivity contribution is 4.74. The van der Waals surface area contributed by atoms with Crippen LogP contribution in [0.25, 0.3) is 0 Å². The Kier molecular flexibility index (Phi) is 2.14. The molecule has 0 aromatic rings. The fourth-order valence-electron chi connectivity index (χ4n) is 1.03. The molecule has 0 aromatic heterocycles. The quantitative estimate of drug-likeness (QED) is 0.316. The van der Waals surface area contributed by atoms with Gasteiger partial charge in [0.05, 0.1) is 13.6 Å². The van der Waals surface area contributed by atoms with Crippen LogP contribution in [0, 0.1) is 5.92 Å². The van der Waals surface area contributed by atoms with Crippen molar-refractivity contribution in [3.05, 3.63) is 12.7 Å². The summed E-state index contributed by atoms with van der Waals surface area (Å²) in [7, 11) is 2.33. The highest BCUT2D eigenvalue weighted by atomic mass is 15.4. The standard InChI is InChI=1S/C9H18N/c1-4-9(2)5-6-10(3)7-8-10/h4,9H,1,5-8H2,2-3H3/q+1. The van der Waals surface area contributed by atoms with Crippen molar-refractivity contribution in [3.8, 4) is 0 Å². The molecule has 0 bridgehead atoms. The van der Waals surface area contributed by atoms with Gasteiger partial charge in [-0.1, -0.05) is 13.0 Å². The molecule has 0 aromatic carbocycles. The summed E-state index contributed by atoms with van der Waals surface area (Å²) in [6.45, 7) is 10.1. The second kappa shape index (κ2) is 2.75. The zero-order chi connectivity index (χ0) is 7.61. The summed E-state index contributed by atoms with van der Waals surface area (Å²) >= 11 is 0. The van der Waals surface area contributed by atoms with Crippen LogP contribution < -0.4 is 0 Å². The number of hydrogen-bond acceptors (Lipinski definition) is 0. The molecule has 0 aliphatic carbocycles. The highest BCUT2D eigenvalue weighted by Gasteiger charge is 2.35. The van der Waals surface area contributed by atoms with Gasteiger partial charge in [0.25, 0.3) is 0 Å². The lowest BCUT2D eigenvalue weighted by Gasteiger charge is -2.12. The minimum atomic E-state index is 0.704. The summed E-state index contributed by atoms with van der Waals surface area (Å²) in [4.78, 5) is 0. The minimum Gasteiger partial charge on any atom is -0.317 e. The van der Waals surface area contributed by atoms with E-state index in [1.54, 1.807) is 0 Å². The number of quaternary nitrogens is 1. The molecule has 1 rings (SSSR count). The topological polar surface area (TPSA) is 0 Å². The largest absolute Gasteiger partial charge is 0.317 e. The van der Waals surface area contributed by atoms with Crippen LogP contribution in [-0.4, -0.2) is 31.2 Å². The Bertz CT molecular complexity index is 125. The molecule has 0 saturated carbocycles. The van der Waals surface area contributed by atoms with Gasteiger partial charge in [-0.2, -0.15) is 0 Å². The number of nitrogens with zero attached hydrogens (tertiary/aromatic N) is 1. The van der Waals surface area contributed by atoms with Crippen LogP contribution in [0.4, 0.5) is 0 Å². The van der Waals surface area contributed by atoms with E-state index in [1.165, 1.54) is 30.5 Å². The predicted octanol–water partition coefficient (Wildman–Crippen LogP) is 1.66. The van der Waals surface area contributed by atoms with E-state index in [0.717, 1.165) is 0 Å². The molecule has 1 heteroatoms. The molecule has 1 unspecified atom stereocenters. The first-order valence-electron chi connectivity index (χ1n) is 4.12. The second-order valence-electron chi connectivity index (χ2n) is 3.79. The van der Waals surface area contributed by atoms with E-state index in [9.17, 15) is 0 Å². The predicted molar refractivity (Wildman–Crippen MR) is 44.8 cm³/mol. The molecule has 0 N–H and O–H groups in total. The first kappa shape index (κ1) is 7.80. The average Bonchev–Trinajstić information content (AvgIpc) is 2.64. The molecule has 0 spiro atoms. The van der Waals surface area contributed by atoms with Gasteiger partial charge < -0.3 is 4.48 Å². The SMILES string of the molecule is C=CC(C)CC[N+]1(C)CC1. The number of rotatable bonds is 4. The van der Waals surface area contributed by atoms with Crippen LogP contribution >= 0.6 is 0 Å². The second-order valence-corrected chi connectivity index (χ2v) is 3.79. The van der Waals surface area contributed by atoms with Gasteiger partial charge >= 0.3 is 0 Å². The molecule has 1 fully saturated rings. The Balaban J connectivity index is 2.10. The minimum absolute atomic E-state index is 0.704. The number of hydrogen-bond donors (Lipinski definition) is 0. The molecular formula is C9H18N+. The Morgan fingerprint density at radius 1 is 1.60 bits per heavy atom. The zero-order valence-corrected chi connectivity index (χ0v) is 7.14. The molecule has 1 nitrogen and oxygen atoms in total. The van der Waals surface area contributed by atoms with Gasteiger partial charge in [-0.3, -0.25) is 0 Å².